The minimum absolute atomic E-state index is 0.178. The van der Waals surface area contributed by atoms with Gasteiger partial charge < -0.3 is 20.1 Å². The first-order valence-corrected chi connectivity index (χ1v) is 6.22. The number of hydrogen-bond donors (Lipinski definition) is 3. The Kier molecular flexibility index (Phi) is 4.75. The van der Waals surface area contributed by atoms with Crippen molar-refractivity contribution in [3.05, 3.63) is 36.0 Å². The molecule has 0 fully saturated rings. The SMILES string of the molecule is COCC(CCO)NCc1ccc2[nH]ccc2c1. The molecule has 0 saturated carbocycles. The lowest BCUT2D eigenvalue weighted by Crippen LogP contribution is -2.33. The molecule has 2 rings (SSSR count). The van der Waals surface area contributed by atoms with Gasteiger partial charge in [0.2, 0.25) is 0 Å². The van der Waals surface area contributed by atoms with Crippen LogP contribution in [0.15, 0.2) is 30.5 Å². The summed E-state index contributed by atoms with van der Waals surface area (Å²) >= 11 is 0. The summed E-state index contributed by atoms with van der Waals surface area (Å²) in [7, 11) is 1.68. The van der Waals surface area contributed by atoms with E-state index in [4.69, 9.17) is 9.84 Å². The highest BCUT2D eigenvalue weighted by molar-refractivity contribution is 5.79. The van der Waals surface area contributed by atoms with Crippen LogP contribution in [0.4, 0.5) is 0 Å². The Morgan fingerprint density at radius 1 is 1.39 bits per heavy atom. The number of nitrogens with one attached hydrogen (secondary N) is 2. The van der Waals surface area contributed by atoms with Crippen LogP contribution in [0.25, 0.3) is 10.9 Å². The predicted molar refractivity (Wildman–Crippen MR) is 72.5 cm³/mol. The Labute approximate surface area is 107 Å². The summed E-state index contributed by atoms with van der Waals surface area (Å²) < 4.78 is 5.12. The van der Waals surface area contributed by atoms with Gasteiger partial charge in [0.15, 0.2) is 0 Å². The van der Waals surface area contributed by atoms with Gasteiger partial charge in [-0.2, -0.15) is 0 Å². The molecule has 1 atom stereocenters. The van der Waals surface area contributed by atoms with Crippen molar-refractivity contribution in [2.75, 3.05) is 20.3 Å². The summed E-state index contributed by atoms with van der Waals surface area (Å²) in [6.45, 7) is 1.58. The molecular weight excluding hydrogens is 228 g/mol. The number of aromatic amines is 1. The molecule has 98 valence electrons. The van der Waals surface area contributed by atoms with Crippen molar-refractivity contribution in [2.45, 2.75) is 19.0 Å². The van der Waals surface area contributed by atoms with Gasteiger partial charge >= 0.3 is 0 Å². The van der Waals surface area contributed by atoms with E-state index in [1.54, 1.807) is 7.11 Å². The second-order valence-corrected chi connectivity index (χ2v) is 4.44. The van der Waals surface area contributed by atoms with Crippen molar-refractivity contribution in [2.24, 2.45) is 0 Å². The van der Waals surface area contributed by atoms with Gasteiger partial charge in [-0.3, -0.25) is 0 Å². The summed E-state index contributed by atoms with van der Waals surface area (Å²) in [6.07, 6.45) is 2.65. The first kappa shape index (κ1) is 13.1. The zero-order valence-corrected chi connectivity index (χ0v) is 10.6. The molecule has 1 aromatic heterocycles. The molecule has 0 bridgehead atoms. The Balaban J connectivity index is 1.95. The molecule has 0 spiro atoms. The van der Waals surface area contributed by atoms with Crippen LogP contribution in [-0.2, 0) is 11.3 Å². The molecule has 0 amide bonds. The quantitative estimate of drug-likeness (QED) is 0.698. The number of hydrogen-bond acceptors (Lipinski definition) is 3. The van der Waals surface area contributed by atoms with E-state index in [9.17, 15) is 0 Å². The minimum Gasteiger partial charge on any atom is -0.396 e. The van der Waals surface area contributed by atoms with Gasteiger partial charge in [-0.15, -0.1) is 0 Å². The fourth-order valence-corrected chi connectivity index (χ4v) is 2.08. The average molecular weight is 248 g/mol. The summed E-state index contributed by atoms with van der Waals surface area (Å²) in [4.78, 5) is 3.18. The number of rotatable bonds is 7. The molecular formula is C14H20N2O2. The van der Waals surface area contributed by atoms with Crippen molar-refractivity contribution in [3.8, 4) is 0 Å². The maximum Gasteiger partial charge on any atom is 0.0616 e. The standard InChI is InChI=1S/C14H20N2O2/c1-18-10-13(5-7-17)16-9-11-2-3-14-12(8-11)4-6-15-14/h2-4,6,8,13,15-17H,5,7,9-10H2,1H3. The van der Waals surface area contributed by atoms with Crippen LogP contribution < -0.4 is 5.32 Å². The lowest BCUT2D eigenvalue weighted by molar-refractivity contribution is 0.148. The lowest BCUT2D eigenvalue weighted by Gasteiger charge is -2.16. The van der Waals surface area contributed by atoms with E-state index in [1.807, 2.05) is 6.20 Å². The van der Waals surface area contributed by atoms with E-state index in [0.717, 1.165) is 12.1 Å². The van der Waals surface area contributed by atoms with Gasteiger partial charge in [0.1, 0.15) is 0 Å². The molecule has 3 N–H and O–H groups in total. The number of benzene rings is 1. The van der Waals surface area contributed by atoms with E-state index in [1.165, 1.54) is 10.9 Å². The molecule has 0 aliphatic heterocycles. The van der Waals surface area contributed by atoms with Crippen molar-refractivity contribution in [1.82, 2.24) is 10.3 Å². The number of fused-ring (bicyclic) bond motifs is 1. The van der Waals surface area contributed by atoms with Crippen molar-refractivity contribution in [3.63, 3.8) is 0 Å². The van der Waals surface area contributed by atoms with Crippen molar-refractivity contribution >= 4 is 10.9 Å². The second kappa shape index (κ2) is 6.54. The van der Waals surface area contributed by atoms with Crippen LogP contribution >= 0.6 is 0 Å². The monoisotopic (exact) mass is 248 g/mol. The van der Waals surface area contributed by atoms with E-state index in [2.05, 4.69) is 34.6 Å². The first-order valence-electron chi connectivity index (χ1n) is 6.22. The molecule has 0 saturated heterocycles. The molecule has 0 aliphatic carbocycles. The largest absolute Gasteiger partial charge is 0.396 e. The Morgan fingerprint density at radius 3 is 3.06 bits per heavy atom. The summed E-state index contributed by atoms with van der Waals surface area (Å²) in [5.74, 6) is 0. The molecule has 4 heteroatoms. The fourth-order valence-electron chi connectivity index (χ4n) is 2.08. The first-order chi connectivity index (χ1) is 8.83. The summed E-state index contributed by atoms with van der Waals surface area (Å²) in [5, 5.41) is 13.6. The van der Waals surface area contributed by atoms with Gasteiger partial charge in [0.25, 0.3) is 0 Å². The van der Waals surface area contributed by atoms with Gasteiger partial charge in [0, 0.05) is 38.0 Å². The molecule has 1 heterocycles. The smallest absolute Gasteiger partial charge is 0.0616 e. The topological polar surface area (TPSA) is 57.3 Å². The van der Waals surface area contributed by atoms with Crippen LogP contribution in [0.5, 0.6) is 0 Å². The van der Waals surface area contributed by atoms with Crippen LogP contribution in [0.2, 0.25) is 0 Å². The second-order valence-electron chi connectivity index (χ2n) is 4.44. The van der Waals surface area contributed by atoms with Crippen LogP contribution in [-0.4, -0.2) is 36.5 Å². The molecule has 0 aliphatic rings. The van der Waals surface area contributed by atoms with Crippen LogP contribution in [0.3, 0.4) is 0 Å². The van der Waals surface area contributed by atoms with Gasteiger partial charge in [-0.05, 0) is 35.6 Å². The molecule has 2 aromatic rings. The normalized spacial score (nSPS) is 13.0. The number of ether oxygens (including phenoxy) is 1. The predicted octanol–water partition coefficient (Wildman–Crippen LogP) is 1.65. The maximum absolute atomic E-state index is 8.97. The molecule has 4 nitrogen and oxygen atoms in total. The lowest BCUT2D eigenvalue weighted by atomic mass is 10.1. The van der Waals surface area contributed by atoms with E-state index < -0.39 is 0 Å². The zero-order chi connectivity index (χ0) is 12.8. The molecule has 18 heavy (non-hydrogen) atoms. The molecule has 1 unspecified atom stereocenters. The number of aromatic nitrogens is 1. The summed E-state index contributed by atoms with van der Waals surface area (Å²) in [6, 6.07) is 8.63. The van der Waals surface area contributed by atoms with Crippen LogP contribution in [0, 0.1) is 0 Å². The Morgan fingerprint density at radius 2 is 2.28 bits per heavy atom. The van der Waals surface area contributed by atoms with Gasteiger partial charge in [-0.1, -0.05) is 6.07 Å². The number of H-pyrrole nitrogens is 1. The highest BCUT2D eigenvalue weighted by Gasteiger charge is 2.07. The Bertz CT molecular complexity index is 475. The Hall–Kier alpha value is -1.36. The van der Waals surface area contributed by atoms with Crippen LogP contribution in [0.1, 0.15) is 12.0 Å². The average Bonchev–Trinajstić information content (AvgIpc) is 2.84. The van der Waals surface area contributed by atoms with E-state index in [0.29, 0.717) is 13.0 Å². The van der Waals surface area contributed by atoms with Crippen molar-refractivity contribution in [1.29, 1.82) is 0 Å². The van der Waals surface area contributed by atoms with E-state index in [-0.39, 0.29) is 12.6 Å². The zero-order valence-electron chi connectivity index (χ0n) is 10.6. The molecule has 1 aromatic carbocycles. The molecule has 0 radical (unpaired) electrons. The third kappa shape index (κ3) is 3.32. The minimum atomic E-state index is 0.178. The fraction of sp³-hybridized carbons (Fsp3) is 0.429. The van der Waals surface area contributed by atoms with Gasteiger partial charge in [-0.25, -0.2) is 0 Å². The number of methoxy groups -OCH3 is 1. The number of aliphatic hydroxyl groups excluding tert-OH is 1. The van der Waals surface area contributed by atoms with Gasteiger partial charge in [0.05, 0.1) is 6.61 Å². The summed E-state index contributed by atoms with van der Waals surface area (Å²) in [5.41, 5.74) is 2.39. The van der Waals surface area contributed by atoms with E-state index >= 15 is 0 Å². The highest BCUT2D eigenvalue weighted by Crippen LogP contribution is 2.14. The van der Waals surface area contributed by atoms with Crippen molar-refractivity contribution < 1.29 is 9.84 Å². The third-order valence-electron chi connectivity index (χ3n) is 3.06. The maximum atomic E-state index is 8.97. The highest BCUT2D eigenvalue weighted by atomic mass is 16.5. The number of aliphatic hydroxyl groups is 1. The third-order valence-corrected chi connectivity index (χ3v) is 3.06.